The maximum atomic E-state index is 9.25. The summed E-state index contributed by atoms with van der Waals surface area (Å²) in [5, 5.41) is 18.2. The Hall–Kier alpha value is -3.19. The lowest BCUT2D eigenvalue weighted by molar-refractivity contribution is 0.533. The van der Waals surface area contributed by atoms with Gasteiger partial charge < -0.3 is 9.80 Å². The van der Waals surface area contributed by atoms with E-state index in [0.717, 1.165) is 32.0 Å². The van der Waals surface area contributed by atoms with Gasteiger partial charge in [-0.3, -0.25) is 0 Å². The van der Waals surface area contributed by atoms with Crippen LogP contribution in [-0.2, 0) is 0 Å². The molecule has 2 atom stereocenters. The molecule has 7 heteroatoms. The fraction of sp³-hybridized carbons (Fsp3) is 0.353. The van der Waals surface area contributed by atoms with Crippen LogP contribution in [-0.4, -0.2) is 41.1 Å². The minimum absolute atomic E-state index is 0.394. The average Bonchev–Trinajstić information content (AvgIpc) is 3.20. The maximum Gasteiger partial charge on any atom is 0.226 e. The van der Waals surface area contributed by atoms with Gasteiger partial charge in [0, 0.05) is 50.4 Å². The summed E-state index contributed by atoms with van der Waals surface area (Å²) < 4.78 is 0. The lowest BCUT2D eigenvalue weighted by atomic mass is 10.0. The van der Waals surface area contributed by atoms with Gasteiger partial charge in [0.15, 0.2) is 0 Å². The zero-order valence-corrected chi connectivity index (χ0v) is 13.0. The fourth-order valence-corrected chi connectivity index (χ4v) is 3.63. The molecule has 0 bridgehead atoms. The zero-order valence-electron chi connectivity index (χ0n) is 13.0. The van der Waals surface area contributed by atoms with E-state index in [0.29, 0.717) is 29.0 Å². The highest BCUT2D eigenvalue weighted by Gasteiger charge is 2.41. The SMILES string of the molecule is N#Cc1ccnc(N2CC3CN(c4ncccc4C#N)CC3C2)n1. The van der Waals surface area contributed by atoms with Crippen LogP contribution in [0, 0.1) is 34.5 Å². The first-order valence-corrected chi connectivity index (χ1v) is 7.86. The molecule has 2 unspecified atom stereocenters. The molecule has 0 N–H and O–H groups in total. The molecule has 2 aliphatic rings. The van der Waals surface area contributed by atoms with Gasteiger partial charge in [0.05, 0.1) is 5.56 Å². The molecule has 0 radical (unpaired) electrons. The van der Waals surface area contributed by atoms with Gasteiger partial charge in [-0.2, -0.15) is 10.5 Å². The first-order valence-electron chi connectivity index (χ1n) is 7.86. The van der Waals surface area contributed by atoms with Gasteiger partial charge in [0.1, 0.15) is 23.7 Å². The van der Waals surface area contributed by atoms with Crippen molar-refractivity contribution >= 4 is 11.8 Å². The van der Waals surface area contributed by atoms with Crippen LogP contribution in [0.1, 0.15) is 11.3 Å². The second-order valence-electron chi connectivity index (χ2n) is 6.17. The number of fused-ring (bicyclic) bond motifs is 1. The Morgan fingerprint density at radius 3 is 2.38 bits per heavy atom. The van der Waals surface area contributed by atoms with E-state index in [4.69, 9.17) is 5.26 Å². The van der Waals surface area contributed by atoms with Gasteiger partial charge in [-0.15, -0.1) is 0 Å². The summed E-state index contributed by atoms with van der Waals surface area (Å²) in [6.45, 7) is 3.49. The van der Waals surface area contributed by atoms with Crippen molar-refractivity contribution in [2.24, 2.45) is 11.8 Å². The van der Waals surface area contributed by atoms with Crippen LogP contribution in [0.4, 0.5) is 11.8 Å². The van der Waals surface area contributed by atoms with E-state index >= 15 is 0 Å². The summed E-state index contributed by atoms with van der Waals surface area (Å²) >= 11 is 0. The molecular weight excluding hydrogens is 302 g/mol. The van der Waals surface area contributed by atoms with Crippen molar-refractivity contribution < 1.29 is 0 Å². The van der Waals surface area contributed by atoms with Gasteiger partial charge in [-0.25, -0.2) is 15.0 Å². The largest absolute Gasteiger partial charge is 0.355 e. The first-order chi connectivity index (χ1) is 11.8. The quantitative estimate of drug-likeness (QED) is 0.821. The van der Waals surface area contributed by atoms with Gasteiger partial charge >= 0.3 is 0 Å². The molecule has 4 rings (SSSR count). The van der Waals surface area contributed by atoms with E-state index in [1.807, 2.05) is 6.07 Å². The Labute approximate surface area is 139 Å². The maximum absolute atomic E-state index is 9.25. The summed E-state index contributed by atoms with van der Waals surface area (Å²) in [7, 11) is 0. The van der Waals surface area contributed by atoms with Crippen LogP contribution < -0.4 is 9.80 Å². The van der Waals surface area contributed by atoms with E-state index < -0.39 is 0 Å². The minimum Gasteiger partial charge on any atom is -0.355 e. The molecule has 4 heterocycles. The molecule has 0 saturated carbocycles. The van der Waals surface area contributed by atoms with Gasteiger partial charge in [-0.1, -0.05) is 0 Å². The molecule has 7 nitrogen and oxygen atoms in total. The molecule has 0 aromatic carbocycles. The Bertz CT molecular complexity index is 837. The first kappa shape index (κ1) is 14.4. The molecule has 2 aromatic heterocycles. The zero-order chi connectivity index (χ0) is 16.5. The Balaban J connectivity index is 1.49. The standard InChI is InChI=1S/C17H15N7/c18-6-12-2-1-4-20-16(12)23-8-13-10-24(11-14(13)9-23)17-21-5-3-15(7-19)22-17/h1-5,13-14H,8-11H2. The van der Waals surface area contributed by atoms with Crippen LogP contribution in [0.2, 0.25) is 0 Å². The summed E-state index contributed by atoms with van der Waals surface area (Å²) in [5.74, 6) is 2.40. The highest BCUT2D eigenvalue weighted by molar-refractivity contribution is 5.54. The smallest absolute Gasteiger partial charge is 0.226 e. The van der Waals surface area contributed by atoms with Crippen LogP contribution >= 0.6 is 0 Å². The van der Waals surface area contributed by atoms with Crippen molar-refractivity contribution in [2.45, 2.75) is 0 Å². The van der Waals surface area contributed by atoms with E-state index in [9.17, 15) is 5.26 Å². The molecule has 0 aliphatic carbocycles. The summed E-state index contributed by atoms with van der Waals surface area (Å²) in [6.07, 6.45) is 3.37. The van der Waals surface area contributed by atoms with Crippen molar-refractivity contribution in [3.8, 4) is 12.1 Å². The monoisotopic (exact) mass is 317 g/mol. The molecule has 2 aliphatic heterocycles. The average molecular weight is 317 g/mol. The second kappa shape index (κ2) is 5.78. The van der Waals surface area contributed by atoms with E-state index in [2.05, 4.69) is 36.9 Å². The normalized spacial score (nSPS) is 22.1. The Kier molecular flexibility index (Phi) is 3.47. The second-order valence-corrected chi connectivity index (χ2v) is 6.17. The summed E-state index contributed by atoms with van der Waals surface area (Å²) in [5.41, 5.74) is 1.02. The van der Waals surface area contributed by atoms with Gasteiger partial charge in [-0.05, 0) is 18.2 Å². The summed E-state index contributed by atoms with van der Waals surface area (Å²) in [4.78, 5) is 17.3. The Morgan fingerprint density at radius 1 is 0.917 bits per heavy atom. The number of rotatable bonds is 2. The number of pyridine rings is 1. The van der Waals surface area contributed by atoms with Crippen LogP contribution in [0.3, 0.4) is 0 Å². The molecule has 2 aromatic rings. The molecule has 24 heavy (non-hydrogen) atoms. The van der Waals surface area contributed by atoms with Crippen molar-refractivity contribution in [2.75, 3.05) is 36.0 Å². The molecule has 2 saturated heterocycles. The third-order valence-electron chi connectivity index (χ3n) is 4.73. The number of nitriles is 2. The lowest BCUT2D eigenvalue weighted by Gasteiger charge is -2.22. The number of nitrogens with zero attached hydrogens (tertiary/aromatic N) is 7. The number of hydrogen-bond acceptors (Lipinski definition) is 7. The number of hydrogen-bond donors (Lipinski definition) is 0. The molecule has 0 amide bonds. The fourth-order valence-electron chi connectivity index (χ4n) is 3.63. The third-order valence-corrected chi connectivity index (χ3v) is 4.73. The molecule has 0 spiro atoms. The van der Waals surface area contributed by atoms with E-state index in [1.165, 1.54) is 0 Å². The van der Waals surface area contributed by atoms with E-state index in [-0.39, 0.29) is 0 Å². The van der Waals surface area contributed by atoms with Crippen molar-refractivity contribution in [3.63, 3.8) is 0 Å². The lowest BCUT2D eigenvalue weighted by Crippen LogP contribution is -2.30. The van der Waals surface area contributed by atoms with Crippen molar-refractivity contribution in [1.82, 2.24) is 15.0 Å². The predicted molar refractivity (Wildman–Crippen MR) is 87.1 cm³/mol. The molecule has 2 fully saturated rings. The van der Waals surface area contributed by atoms with Crippen LogP contribution in [0.5, 0.6) is 0 Å². The van der Waals surface area contributed by atoms with Gasteiger partial charge in [0.25, 0.3) is 0 Å². The highest BCUT2D eigenvalue weighted by Crippen LogP contribution is 2.35. The van der Waals surface area contributed by atoms with Crippen LogP contribution in [0.25, 0.3) is 0 Å². The van der Waals surface area contributed by atoms with Crippen LogP contribution in [0.15, 0.2) is 30.6 Å². The van der Waals surface area contributed by atoms with Crippen molar-refractivity contribution in [1.29, 1.82) is 10.5 Å². The third kappa shape index (κ3) is 2.40. The Morgan fingerprint density at radius 2 is 1.67 bits per heavy atom. The van der Waals surface area contributed by atoms with Gasteiger partial charge in [0.2, 0.25) is 5.95 Å². The highest BCUT2D eigenvalue weighted by atomic mass is 15.3. The number of anilines is 2. The number of aromatic nitrogens is 3. The summed E-state index contributed by atoms with van der Waals surface area (Å²) in [6, 6.07) is 9.50. The predicted octanol–water partition coefficient (Wildman–Crippen LogP) is 1.19. The van der Waals surface area contributed by atoms with Crippen molar-refractivity contribution in [3.05, 3.63) is 41.9 Å². The molecular formula is C17H15N7. The van der Waals surface area contributed by atoms with E-state index in [1.54, 1.807) is 24.5 Å². The minimum atomic E-state index is 0.394. The topological polar surface area (TPSA) is 92.7 Å². The molecule has 118 valence electrons.